The molecule has 2 aromatic rings. The second kappa shape index (κ2) is 7.20. The van der Waals surface area contributed by atoms with E-state index in [1.54, 1.807) is 18.3 Å². The number of nitrogens with zero attached hydrogens (tertiary/aromatic N) is 3. The zero-order valence-corrected chi connectivity index (χ0v) is 14.0. The molecule has 9 heteroatoms. The zero-order chi connectivity index (χ0) is 18.7. The molecular weight excluding hydrogens is 344 g/mol. The van der Waals surface area contributed by atoms with Crippen LogP contribution in [0, 0.1) is 5.82 Å². The van der Waals surface area contributed by atoms with E-state index in [4.69, 9.17) is 5.73 Å². The van der Waals surface area contributed by atoms with Gasteiger partial charge in [-0.15, -0.1) is 0 Å². The number of para-hydroxylation sites is 1. The molecular formula is C17H19F2N5O2. The third kappa shape index (κ3) is 3.57. The van der Waals surface area contributed by atoms with Gasteiger partial charge in [0.15, 0.2) is 0 Å². The summed E-state index contributed by atoms with van der Waals surface area (Å²) in [6.07, 6.45) is 3.24. The first-order valence-corrected chi connectivity index (χ1v) is 8.21. The van der Waals surface area contributed by atoms with E-state index in [2.05, 4.69) is 10.4 Å². The zero-order valence-electron chi connectivity index (χ0n) is 14.0. The van der Waals surface area contributed by atoms with E-state index in [9.17, 15) is 18.4 Å². The largest absolute Gasteiger partial charge is 0.334 e. The SMILES string of the molecule is NCC1(F)CCN(C(=O)C(=O)Nc2c(F)cccc2-n2cccn2)CC1. The number of hydrogen-bond donors (Lipinski definition) is 2. The molecule has 0 saturated carbocycles. The van der Waals surface area contributed by atoms with E-state index < -0.39 is 23.3 Å². The van der Waals surface area contributed by atoms with Crippen LogP contribution in [0.1, 0.15) is 12.8 Å². The summed E-state index contributed by atoms with van der Waals surface area (Å²) in [5.41, 5.74) is 4.03. The monoisotopic (exact) mass is 363 g/mol. The van der Waals surface area contributed by atoms with Crippen LogP contribution < -0.4 is 11.1 Å². The normalized spacial score (nSPS) is 16.3. The highest BCUT2D eigenvalue weighted by atomic mass is 19.1. The Hall–Kier alpha value is -2.81. The van der Waals surface area contributed by atoms with Crippen LogP contribution in [0.2, 0.25) is 0 Å². The Morgan fingerprint density at radius 1 is 1.27 bits per heavy atom. The molecule has 138 valence electrons. The molecule has 1 aliphatic rings. The first-order chi connectivity index (χ1) is 12.4. The van der Waals surface area contributed by atoms with E-state index in [0.29, 0.717) is 5.69 Å². The number of halogens is 2. The average Bonchev–Trinajstić information content (AvgIpc) is 3.18. The number of amides is 2. The quantitative estimate of drug-likeness (QED) is 0.803. The molecule has 2 heterocycles. The number of anilines is 1. The maximum atomic E-state index is 14.2. The summed E-state index contributed by atoms with van der Waals surface area (Å²) in [4.78, 5) is 25.9. The van der Waals surface area contributed by atoms with Crippen molar-refractivity contribution >= 4 is 17.5 Å². The van der Waals surface area contributed by atoms with Crippen LogP contribution in [0.3, 0.4) is 0 Å². The minimum absolute atomic E-state index is 0.0702. The molecule has 1 aromatic heterocycles. The summed E-state index contributed by atoms with van der Waals surface area (Å²) in [6, 6.07) is 5.86. The fourth-order valence-electron chi connectivity index (χ4n) is 2.86. The lowest BCUT2D eigenvalue weighted by Gasteiger charge is -2.35. The number of rotatable bonds is 3. The van der Waals surface area contributed by atoms with Crippen LogP contribution in [0.5, 0.6) is 0 Å². The lowest BCUT2D eigenvalue weighted by Crippen LogP contribution is -2.50. The number of benzene rings is 1. The minimum atomic E-state index is -1.51. The lowest BCUT2D eigenvalue weighted by molar-refractivity contribution is -0.144. The third-order valence-electron chi connectivity index (χ3n) is 4.49. The van der Waals surface area contributed by atoms with Crippen molar-refractivity contribution < 1.29 is 18.4 Å². The molecule has 0 radical (unpaired) electrons. The number of carbonyl (C=O) groups excluding carboxylic acids is 2. The van der Waals surface area contributed by atoms with Gasteiger partial charge < -0.3 is 16.0 Å². The second-order valence-electron chi connectivity index (χ2n) is 6.19. The Balaban J connectivity index is 1.74. The van der Waals surface area contributed by atoms with Gasteiger partial charge in [-0.3, -0.25) is 9.59 Å². The fourth-order valence-corrected chi connectivity index (χ4v) is 2.86. The smallest absolute Gasteiger partial charge is 0.314 e. The Morgan fingerprint density at radius 3 is 2.62 bits per heavy atom. The molecule has 0 spiro atoms. The van der Waals surface area contributed by atoms with Gasteiger partial charge >= 0.3 is 11.8 Å². The number of nitrogens with two attached hydrogens (primary N) is 1. The molecule has 1 aromatic carbocycles. The average molecular weight is 363 g/mol. The van der Waals surface area contributed by atoms with Crippen molar-refractivity contribution in [3.8, 4) is 5.69 Å². The number of nitrogens with one attached hydrogen (secondary N) is 1. The van der Waals surface area contributed by atoms with Crippen LogP contribution in [0.15, 0.2) is 36.7 Å². The van der Waals surface area contributed by atoms with Crippen LogP contribution in [0.25, 0.3) is 5.69 Å². The molecule has 0 aliphatic carbocycles. The van der Waals surface area contributed by atoms with Crippen molar-refractivity contribution in [2.45, 2.75) is 18.5 Å². The van der Waals surface area contributed by atoms with Crippen molar-refractivity contribution in [2.75, 3.05) is 25.0 Å². The van der Waals surface area contributed by atoms with Crippen molar-refractivity contribution in [3.63, 3.8) is 0 Å². The Kier molecular flexibility index (Phi) is 4.99. The summed E-state index contributed by atoms with van der Waals surface area (Å²) in [5, 5.41) is 6.32. The Labute approximate surface area is 148 Å². The molecule has 0 atom stereocenters. The van der Waals surface area contributed by atoms with Gasteiger partial charge in [0, 0.05) is 44.9 Å². The highest BCUT2D eigenvalue weighted by Gasteiger charge is 2.36. The summed E-state index contributed by atoms with van der Waals surface area (Å²) in [6.45, 7) is 0.0517. The molecule has 0 bridgehead atoms. The fraction of sp³-hybridized carbons (Fsp3) is 0.353. The Bertz CT molecular complexity index is 801. The standard InChI is InChI=1S/C17H19F2N5O2/c18-12-3-1-4-13(24-8-2-7-21-24)14(12)22-15(25)16(26)23-9-5-17(19,11-20)6-10-23/h1-4,7-8H,5-6,9-11,20H2,(H,22,25). The predicted octanol–water partition coefficient (Wildman–Crippen LogP) is 1.24. The van der Waals surface area contributed by atoms with Crippen LogP contribution in [-0.2, 0) is 9.59 Å². The molecule has 1 aliphatic heterocycles. The molecule has 26 heavy (non-hydrogen) atoms. The van der Waals surface area contributed by atoms with Gasteiger partial charge in [-0.05, 0) is 18.2 Å². The van der Waals surface area contributed by atoms with E-state index in [1.807, 2.05) is 0 Å². The van der Waals surface area contributed by atoms with E-state index in [-0.39, 0.29) is 38.2 Å². The molecule has 1 saturated heterocycles. The van der Waals surface area contributed by atoms with Crippen molar-refractivity contribution in [3.05, 3.63) is 42.5 Å². The lowest BCUT2D eigenvalue weighted by atomic mass is 9.93. The van der Waals surface area contributed by atoms with Gasteiger partial charge in [0.2, 0.25) is 0 Å². The highest BCUT2D eigenvalue weighted by molar-refractivity contribution is 6.39. The molecule has 3 N–H and O–H groups in total. The van der Waals surface area contributed by atoms with Gasteiger partial charge in [-0.2, -0.15) is 5.10 Å². The first kappa shape index (κ1) is 18.0. The van der Waals surface area contributed by atoms with Crippen LogP contribution >= 0.6 is 0 Å². The molecule has 0 unspecified atom stereocenters. The van der Waals surface area contributed by atoms with Gasteiger partial charge in [-0.25, -0.2) is 13.5 Å². The number of aromatic nitrogens is 2. The van der Waals surface area contributed by atoms with E-state index in [1.165, 1.54) is 27.9 Å². The van der Waals surface area contributed by atoms with E-state index >= 15 is 0 Å². The summed E-state index contributed by atoms with van der Waals surface area (Å²) in [7, 11) is 0. The third-order valence-corrected chi connectivity index (χ3v) is 4.49. The number of alkyl halides is 1. The maximum Gasteiger partial charge on any atom is 0.314 e. The van der Waals surface area contributed by atoms with Gasteiger partial charge in [-0.1, -0.05) is 6.07 Å². The summed E-state index contributed by atoms with van der Waals surface area (Å²) < 4.78 is 29.7. The number of hydrogen-bond acceptors (Lipinski definition) is 4. The summed E-state index contributed by atoms with van der Waals surface area (Å²) >= 11 is 0. The van der Waals surface area contributed by atoms with Gasteiger partial charge in [0.25, 0.3) is 0 Å². The van der Waals surface area contributed by atoms with Crippen LogP contribution in [-0.4, -0.2) is 51.8 Å². The van der Waals surface area contributed by atoms with Crippen LogP contribution in [0.4, 0.5) is 14.5 Å². The van der Waals surface area contributed by atoms with Crippen molar-refractivity contribution in [2.24, 2.45) is 5.73 Å². The van der Waals surface area contributed by atoms with Gasteiger partial charge in [0.05, 0.1) is 5.69 Å². The number of piperidine rings is 1. The first-order valence-electron chi connectivity index (χ1n) is 8.21. The second-order valence-corrected chi connectivity index (χ2v) is 6.19. The molecule has 2 amide bonds. The van der Waals surface area contributed by atoms with E-state index in [0.717, 1.165) is 0 Å². The van der Waals surface area contributed by atoms with Crippen molar-refractivity contribution in [1.82, 2.24) is 14.7 Å². The maximum absolute atomic E-state index is 14.2. The molecule has 1 fully saturated rings. The number of likely N-dealkylation sites (tertiary alicyclic amines) is 1. The molecule has 7 nitrogen and oxygen atoms in total. The number of carbonyl (C=O) groups is 2. The van der Waals surface area contributed by atoms with Crippen molar-refractivity contribution in [1.29, 1.82) is 0 Å². The Morgan fingerprint density at radius 2 is 2.00 bits per heavy atom. The molecule has 3 rings (SSSR count). The topological polar surface area (TPSA) is 93.2 Å². The minimum Gasteiger partial charge on any atom is -0.334 e. The highest BCUT2D eigenvalue weighted by Crippen LogP contribution is 2.26. The van der Waals surface area contributed by atoms with Gasteiger partial charge in [0.1, 0.15) is 17.2 Å². The summed E-state index contributed by atoms with van der Waals surface area (Å²) in [5.74, 6) is -2.51. The predicted molar refractivity (Wildman–Crippen MR) is 90.9 cm³/mol.